The molecule has 260 valence electrons. The molecule has 1 aliphatic carbocycles. The van der Waals surface area contributed by atoms with Crippen molar-refractivity contribution < 1.29 is 19.8 Å². The smallest absolute Gasteiger partial charge is 0.239 e. The molecular weight excluding hydrogens is 614 g/mol. The summed E-state index contributed by atoms with van der Waals surface area (Å²) in [5, 5.41) is 30.0. The topological polar surface area (TPSA) is 110 Å². The van der Waals surface area contributed by atoms with Crippen LogP contribution < -0.4 is 10.6 Å². The first-order valence-corrected chi connectivity index (χ1v) is 17.5. The van der Waals surface area contributed by atoms with Gasteiger partial charge >= 0.3 is 0 Å². The quantitative estimate of drug-likeness (QED) is 0.193. The van der Waals surface area contributed by atoms with E-state index in [2.05, 4.69) is 56.4 Å². The van der Waals surface area contributed by atoms with Gasteiger partial charge in [-0.05, 0) is 61.9 Å². The number of piperazine rings is 1. The van der Waals surface area contributed by atoms with Gasteiger partial charge in [-0.25, -0.2) is 0 Å². The molecule has 5 atom stereocenters. The maximum atomic E-state index is 13.9. The minimum absolute atomic E-state index is 0.0604. The zero-order valence-electron chi connectivity index (χ0n) is 29.2. The van der Waals surface area contributed by atoms with Gasteiger partial charge in [0.15, 0.2) is 0 Å². The Kier molecular flexibility index (Phi) is 10.6. The number of nitrogens with one attached hydrogen (secondary N) is 2. The molecule has 1 aromatic heterocycles. The van der Waals surface area contributed by atoms with Crippen LogP contribution in [0.3, 0.4) is 0 Å². The lowest BCUT2D eigenvalue weighted by Gasteiger charge is -2.42. The van der Waals surface area contributed by atoms with Crippen LogP contribution in [0.2, 0.25) is 0 Å². The monoisotopic (exact) mass is 665 g/mol. The molecule has 1 aliphatic heterocycles. The number of nitrogens with zero attached hydrogens (tertiary/aromatic N) is 3. The molecule has 49 heavy (non-hydrogen) atoms. The van der Waals surface area contributed by atoms with E-state index in [1.807, 2.05) is 81.4 Å². The molecule has 2 aliphatic rings. The molecule has 2 amide bonds. The fourth-order valence-electron chi connectivity index (χ4n) is 7.61. The summed E-state index contributed by atoms with van der Waals surface area (Å²) in [5.41, 5.74) is 5.00. The summed E-state index contributed by atoms with van der Waals surface area (Å²) in [7, 11) is 2.06. The molecule has 0 spiro atoms. The summed E-state index contributed by atoms with van der Waals surface area (Å²) < 4.78 is 2.15. The van der Waals surface area contributed by atoms with Gasteiger partial charge in [-0.2, -0.15) is 0 Å². The summed E-state index contributed by atoms with van der Waals surface area (Å²) in [6, 6.07) is 25.1. The van der Waals surface area contributed by atoms with Gasteiger partial charge in [0.05, 0.1) is 18.2 Å². The van der Waals surface area contributed by atoms with E-state index in [0.717, 1.165) is 29.8 Å². The van der Waals surface area contributed by atoms with Crippen LogP contribution in [-0.4, -0.2) is 86.4 Å². The van der Waals surface area contributed by atoms with Crippen LogP contribution in [0.4, 0.5) is 0 Å². The van der Waals surface area contributed by atoms with Crippen LogP contribution in [-0.2, 0) is 36.0 Å². The first-order chi connectivity index (χ1) is 23.4. The third-order valence-corrected chi connectivity index (χ3v) is 9.95. The van der Waals surface area contributed by atoms with E-state index in [1.165, 1.54) is 16.5 Å². The van der Waals surface area contributed by atoms with Gasteiger partial charge in [0.25, 0.3) is 0 Å². The molecule has 1 saturated heterocycles. The van der Waals surface area contributed by atoms with Crippen LogP contribution in [0.1, 0.15) is 55.5 Å². The molecule has 1 fully saturated rings. The number of hydrogen-bond acceptors (Lipinski definition) is 6. The molecule has 0 saturated carbocycles. The molecule has 9 heteroatoms. The van der Waals surface area contributed by atoms with Gasteiger partial charge < -0.3 is 25.4 Å². The summed E-state index contributed by atoms with van der Waals surface area (Å²) in [6.45, 7) is 8.84. The van der Waals surface area contributed by atoms with Crippen molar-refractivity contribution in [2.45, 2.75) is 76.4 Å². The zero-order valence-corrected chi connectivity index (χ0v) is 29.2. The van der Waals surface area contributed by atoms with Crippen molar-refractivity contribution in [1.82, 2.24) is 25.0 Å². The molecule has 9 nitrogen and oxygen atoms in total. The Balaban J connectivity index is 1.16. The van der Waals surface area contributed by atoms with Crippen molar-refractivity contribution in [2.75, 3.05) is 26.2 Å². The number of benzene rings is 3. The first-order valence-electron chi connectivity index (χ1n) is 17.5. The maximum Gasteiger partial charge on any atom is 0.239 e. The number of aromatic nitrogens is 1. The Bertz CT molecular complexity index is 1750. The number of carbonyl (C=O) groups excluding carboxylic acids is 2. The Morgan fingerprint density at radius 1 is 0.959 bits per heavy atom. The fourth-order valence-corrected chi connectivity index (χ4v) is 7.61. The highest BCUT2D eigenvalue weighted by Crippen LogP contribution is 2.32. The van der Waals surface area contributed by atoms with E-state index in [-0.39, 0.29) is 24.8 Å². The summed E-state index contributed by atoms with van der Waals surface area (Å²) >= 11 is 0. The van der Waals surface area contributed by atoms with Crippen molar-refractivity contribution in [3.05, 3.63) is 107 Å². The number of β-amino-alcohol motifs (C(OH)–C–C–N with tert-alkyl or cyclic N) is 1. The molecule has 0 bridgehead atoms. The number of fused-ring (bicyclic) bond motifs is 2. The van der Waals surface area contributed by atoms with Crippen LogP contribution in [0.15, 0.2) is 85.1 Å². The van der Waals surface area contributed by atoms with Crippen LogP contribution in [0, 0.1) is 5.92 Å². The van der Waals surface area contributed by atoms with Crippen LogP contribution in [0.25, 0.3) is 10.9 Å². The molecule has 4 N–H and O–H groups in total. The third-order valence-electron chi connectivity index (χ3n) is 9.95. The Hall–Kier alpha value is -4.02. The van der Waals surface area contributed by atoms with Crippen molar-refractivity contribution in [3.63, 3.8) is 0 Å². The second-order valence-corrected chi connectivity index (χ2v) is 15.0. The number of hydrogen-bond donors (Lipinski definition) is 4. The van der Waals surface area contributed by atoms with E-state index in [0.29, 0.717) is 25.9 Å². The molecular formula is C40H51N5O4. The molecule has 1 unspecified atom stereocenters. The number of carbonyl (C=O) groups is 2. The number of rotatable bonds is 11. The maximum absolute atomic E-state index is 13.9. The van der Waals surface area contributed by atoms with Crippen molar-refractivity contribution in [3.8, 4) is 0 Å². The molecule has 4 aromatic rings. The van der Waals surface area contributed by atoms with Crippen molar-refractivity contribution in [2.24, 2.45) is 13.0 Å². The van der Waals surface area contributed by atoms with Crippen LogP contribution >= 0.6 is 0 Å². The Morgan fingerprint density at radius 3 is 2.45 bits per heavy atom. The highest BCUT2D eigenvalue weighted by Gasteiger charge is 2.37. The van der Waals surface area contributed by atoms with E-state index in [4.69, 9.17) is 0 Å². The number of amides is 2. The molecule has 3 aromatic carbocycles. The van der Waals surface area contributed by atoms with Crippen molar-refractivity contribution in [1.29, 1.82) is 0 Å². The fraction of sp³-hybridized carbons (Fsp3) is 0.450. The van der Waals surface area contributed by atoms with E-state index in [9.17, 15) is 19.8 Å². The van der Waals surface area contributed by atoms with E-state index < -0.39 is 35.7 Å². The van der Waals surface area contributed by atoms with Crippen LogP contribution in [0.5, 0.6) is 0 Å². The number of para-hydroxylation sites is 1. The Morgan fingerprint density at radius 2 is 1.67 bits per heavy atom. The standard InChI is InChI=1S/C40H51N5O4/c1-40(2,3)42-39(49)35-26-44(24-30-23-43(4)34-17-11-10-15-32(30)34)18-19-45(35)25-31(46)21-29(20-27-12-6-5-7-13-27)38(48)41-37-33-16-9-8-14-28(33)22-36(37)47/h5-17,23,29,31,35-37,46-47H,18-22,24-26H2,1-4H3,(H,41,48)(H,42,49)/t29-,31+,35+,36-,37?/m1/s1. The van der Waals surface area contributed by atoms with Gasteiger partial charge in [0, 0.05) is 74.7 Å². The summed E-state index contributed by atoms with van der Waals surface area (Å²) in [4.78, 5) is 32.1. The predicted molar refractivity (Wildman–Crippen MR) is 193 cm³/mol. The zero-order chi connectivity index (χ0) is 34.7. The van der Waals surface area contributed by atoms with E-state index >= 15 is 0 Å². The van der Waals surface area contributed by atoms with Gasteiger partial charge in [0.1, 0.15) is 6.04 Å². The summed E-state index contributed by atoms with van der Waals surface area (Å²) in [6.07, 6.45) is 1.82. The second kappa shape index (κ2) is 14.8. The van der Waals surface area contributed by atoms with E-state index in [1.54, 1.807) is 0 Å². The third kappa shape index (κ3) is 8.41. The average molecular weight is 666 g/mol. The number of aryl methyl sites for hydroxylation is 1. The number of aliphatic hydroxyl groups excluding tert-OH is 2. The van der Waals surface area contributed by atoms with Gasteiger partial charge in [0.2, 0.25) is 11.8 Å². The normalized spacial score (nSPS) is 21.3. The van der Waals surface area contributed by atoms with Crippen molar-refractivity contribution >= 4 is 22.7 Å². The highest BCUT2D eigenvalue weighted by molar-refractivity contribution is 5.84. The highest BCUT2D eigenvalue weighted by atomic mass is 16.3. The number of aliphatic hydroxyl groups is 2. The lowest BCUT2D eigenvalue weighted by atomic mass is 9.91. The minimum Gasteiger partial charge on any atom is -0.392 e. The second-order valence-electron chi connectivity index (χ2n) is 15.0. The lowest BCUT2D eigenvalue weighted by Crippen LogP contribution is -2.61. The Labute approximate surface area is 289 Å². The molecule has 6 rings (SSSR count). The molecule has 2 heterocycles. The largest absolute Gasteiger partial charge is 0.392 e. The lowest BCUT2D eigenvalue weighted by molar-refractivity contribution is -0.132. The predicted octanol–water partition coefficient (Wildman–Crippen LogP) is 3.96. The first kappa shape index (κ1) is 34.8. The molecule has 0 radical (unpaired) electrons. The minimum atomic E-state index is -0.838. The average Bonchev–Trinajstić information content (AvgIpc) is 3.55. The van der Waals surface area contributed by atoms with Gasteiger partial charge in [-0.15, -0.1) is 0 Å². The van der Waals surface area contributed by atoms with Gasteiger partial charge in [-0.1, -0.05) is 72.8 Å². The SMILES string of the molecule is Cn1cc(CN2CCN(C[C@@H](O)C[C@@H](Cc3ccccc3)C(=O)NC3c4ccccc4C[C@H]3O)[C@H](C(=O)NC(C)(C)C)C2)c2ccccc21. The van der Waals surface area contributed by atoms with Gasteiger partial charge in [-0.3, -0.25) is 19.4 Å². The summed E-state index contributed by atoms with van der Waals surface area (Å²) in [5.74, 6) is -0.771.